The molecule has 12 heavy (non-hydrogen) atoms. The fourth-order valence-electron chi connectivity index (χ4n) is 1.04. The maximum absolute atomic E-state index is 7.00. The molecule has 0 unspecified atom stereocenters. The van der Waals surface area contributed by atoms with E-state index in [9.17, 15) is 0 Å². The zero-order chi connectivity index (χ0) is 8.81. The molecule has 0 spiro atoms. The summed E-state index contributed by atoms with van der Waals surface area (Å²) >= 11 is 0. The molecule has 0 bridgehead atoms. The molecule has 4 nitrogen and oxygen atoms in total. The van der Waals surface area contributed by atoms with Gasteiger partial charge in [-0.25, -0.2) is 4.98 Å². The standard InChI is InChI=1S/C8H14N4/c9-7(10)3-1-2-4-8-11-5-6-12-8/h5-6H,1-4H2,(H3,9,10)(H,11,12). The van der Waals surface area contributed by atoms with E-state index in [1.165, 1.54) is 0 Å². The third-order valence-electron chi connectivity index (χ3n) is 1.66. The fraction of sp³-hybridized carbons (Fsp3) is 0.500. The van der Waals surface area contributed by atoms with Gasteiger partial charge >= 0.3 is 0 Å². The average molecular weight is 166 g/mol. The first-order valence-electron chi connectivity index (χ1n) is 4.10. The summed E-state index contributed by atoms with van der Waals surface area (Å²) < 4.78 is 0. The van der Waals surface area contributed by atoms with Gasteiger partial charge in [0.2, 0.25) is 0 Å². The number of imidazole rings is 1. The molecule has 0 amide bonds. The molecule has 0 aliphatic rings. The summed E-state index contributed by atoms with van der Waals surface area (Å²) in [5.74, 6) is 1.29. The van der Waals surface area contributed by atoms with Gasteiger partial charge in [0.25, 0.3) is 0 Å². The summed E-state index contributed by atoms with van der Waals surface area (Å²) in [5.41, 5.74) is 5.21. The van der Waals surface area contributed by atoms with Crippen molar-refractivity contribution < 1.29 is 0 Å². The van der Waals surface area contributed by atoms with E-state index >= 15 is 0 Å². The first-order chi connectivity index (χ1) is 5.79. The SMILES string of the molecule is N=C(N)CCCCc1ncc[nH]1. The summed E-state index contributed by atoms with van der Waals surface area (Å²) in [4.78, 5) is 7.12. The van der Waals surface area contributed by atoms with Crippen molar-refractivity contribution in [2.75, 3.05) is 0 Å². The predicted molar refractivity (Wildman–Crippen MR) is 48.1 cm³/mol. The van der Waals surface area contributed by atoms with E-state index in [2.05, 4.69) is 9.97 Å². The van der Waals surface area contributed by atoms with Crippen molar-refractivity contribution in [1.29, 1.82) is 5.41 Å². The van der Waals surface area contributed by atoms with Crippen LogP contribution in [0.5, 0.6) is 0 Å². The molecular weight excluding hydrogens is 152 g/mol. The summed E-state index contributed by atoms with van der Waals surface area (Å²) in [7, 11) is 0. The second-order valence-corrected chi connectivity index (χ2v) is 2.77. The molecule has 0 radical (unpaired) electrons. The van der Waals surface area contributed by atoms with Gasteiger partial charge in [0.05, 0.1) is 5.84 Å². The lowest BCUT2D eigenvalue weighted by molar-refractivity contribution is 0.732. The number of aryl methyl sites for hydroxylation is 1. The van der Waals surface area contributed by atoms with Crippen LogP contribution in [0.25, 0.3) is 0 Å². The van der Waals surface area contributed by atoms with Gasteiger partial charge in [-0.1, -0.05) is 0 Å². The fourth-order valence-corrected chi connectivity index (χ4v) is 1.04. The topological polar surface area (TPSA) is 78.6 Å². The molecule has 0 atom stereocenters. The molecule has 66 valence electrons. The Morgan fingerprint density at radius 2 is 2.42 bits per heavy atom. The minimum absolute atomic E-state index is 0.273. The lowest BCUT2D eigenvalue weighted by Crippen LogP contribution is -2.08. The van der Waals surface area contributed by atoms with Crippen molar-refractivity contribution in [3.8, 4) is 0 Å². The van der Waals surface area contributed by atoms with E-state index < -0.39 is 0 Å². The molecule has 0 saturated carbocycles. The zero-order valence-corrected chi connectivity index (χ0v) is 7.01. The van der Waals surface area contributed by atoms with Crippen molar-refractivity contribution in [3.63, 3.8) is 0 Å². The largest absolute Gasteiger partial charge is 0.388 e. The molecule has 0 saturated heterocycles. The highest BCUT2D eigenvalue weighted by Gasteiger charge is 1.95. The van der Waals surface area contributed by atoms with Gasteiger partial charge in [0, 0.05) is 25.2 Å². The van der Waals surface area contributed by atoms with Crippen LogP contribution in [0.2, 0.25) is 0 Å². The minimum Gasteiger partial charge on any atom is -0.388 e. The molecule has 0 aromatic carbocycles. The van der Waals surface area contributed by atoms with Gasteiger partial charge in [-0.05, 0) is 12.8 Å². The zero-order valence-electron chi connectivity index (χ0n) is 7.01. The number of aromatic nitrogens is 2. The van der Waals surface area contributed by atoms with Crippen molar-refractivity contribution in [2.45, 2.75) is 25.7 Å². The Hall–Kier alpha value is -1.32. The van der Waals surface area contributed by atoms with Gasteiger partial charge in [-0.2, -0.15) is 0 Å². The highest BCUT2D eigenvalue weighted by molar-refractivity contribution is 5.76. The number of hydrogen-bond acceptors (Lipinski definition) is 2. The molecule has 1 aromatic rings. The van der Waals surface area contributed by atoms with Crippen LogP contribution in [0, 0.1) is 5.41 Å². The normalized spacial score (nSPS) is 10.0. The molecule has 4 heteroatoms. The van der Waals surface area contributed by atoms with Gasteiger partial charge in [-0.15, -0.1) is 0 Å². The maximum Gasteiger partial charge on any atom is 0.105 e. The minimum atomic E-state index is 0.273. The monoisotopic (exact) mass is 166 g/mol. The molecule has 1 aromatic heterocycles. The van der Waals surface area contributed by atoms with Gasteiger partial charge < -0.3 is 10.7 Å². The predicted octanol–water partition coefficient (Wildman–Crippen LogP) is 1.06. The first kappa shape index (κ1) is 8.77. The lowest BCUT2D eigenvalue weighted by Gasteiger charge is -1.96. The molecular formula is C8H14N4. The number of H-pyrrole nitrogens is 1. The van der Waals surface area contributed by atoms with Crippen molar-refractivity contribution >= 4 is 5.84 Å². The Balaban J connectivity index is 2.07. The van der Waals surface area contributed by atoms with Gasteiger partial charge in [0.15, 0.2) is 0 Å². The summed E-state index contributed by atoms with van der Waals surface area (Å²) in [6.07, 6.45) is 7.21. The van der Waals surface area contributed by atoms with Gasteiger partial charge in [-0.3, -0.25) is 5.41 Å². The van der Waals surface area contributed by atoms with Crippen molar-refractivity contribution in [2.24, 2.45) is 5.73 Å². The van der Waals surface area contributed by atoms with E-state index in [-0.39, 0.29) is 5.84 Å². The number of hydrogen-bond donors (Lipinski definition) is 3. The number of nitrogens with two attached hydrogens (primary N) is 1. The molecule has 0 aliphatic heterocycles. The number of nitrogens with zero attached hydrogens (tertiary/aromatic N) is 1. The third-order valence-corrected chi connectivity index (χ3v) is 1.66. The lowest BCUT2D eigenvalue weighted by atomic mass is 10.2. The first-order valence-corrected chi connectivity index (χ1v) is 4.10. The molecule has 1 rings (SSSR count). The summed E-state index contributed by atoms with van der Waals surface area (Å²) in [6, 6.07) is 0. The molecule has 4 N–H and O–H groups in total. The van der Waals surface area contributed by atoms with Crippen LogP contribution < -0.4 is 5.73 Å². The average Bonchev–Trinajstić information content (AvgIpc) is 2.49. The number of rotatable bonds is 5. The summed E-state index contributed by atoms with van der Waals surface area (Å²) in [5, 5.41) is 7.00. The number of unbranched alkanes of at least 4 members (excludes halogenated alkanes) is 1. The Morgan fingerprint density at radius 1 is 1.58 bits per heavy atom. The second-order valence-electron chi connectivity index (χ2n) is 2.77. The van der Waals surface area contributed by atoms with Crippen LogP contribution in [-0.2, 0) is 6.42 Å². The van der Waals surface area contributed by atoms with Crippen LogP contribution in [0.15, 0.2) is 12.4 Å². The van der Waals surface area contributed by atoms with Crippen LogP contribution in [-0.4, -0.2) is 15.8 Å². The highest BCUT2D eigenvalue weighted by Crippen LogP contribution is 2.00. The van der Waals surface area contributed by atoms with Crippen molar-refractivity contribution in [3.05, 3.63) is 18.2 Å². The highest BCUT2D eigenvalue weighted by atomic mass is 14.9. The van der Waals surface area contributed by atoms with Crippen LogP contribution in [0.3, 0.4) is 0 Å². The van der Waals surface area contributed by atoms with Crippen LogP contribution >= 0.6 is 0 Å². The Kier molecular flexibility index (Phi) is 3.32. The number of amidine groups is 1. The smallest absolute Gasteiger partial charge is 0.105 e. The maximum atomic E-state index is 7.00. The third kappa shape index (κ3) is 3.18. The van der Waals surface area contributed by atoms with E-state index in [0.717, 1.165) is 25.1 Å². The van der Waals surface area contributed by atoms with E-state index in [0.29, 0.717) is 6.42 Å². The summed E-state index contributed by atoms with van der Waals surface area (Å²) in [6.45, 7) is 0. The number of nitrogens with one attached hydrogen (secondary N) is 2. The molecule has 1 heterocycles. The van der Waals surface area contributed by atoms with Crippen LogP contribution in [0.1, 0.15) is 25.1 Å². The van der Waals surface area contributed by atoms with Crippen LogP contribution in [0.4, 0.5) is 0 Å². The Bertz CT molecular complexity index is 227. The van der Waals surface area contributed by atoms with E-state index in [1.807, 2.05) is 6.20 Å². The Morgan fingerprint density at radius 3 is 3.00 bits per heavy atom. The quantitative estimate of drug-likeness (QED) is 0.347. The van der Waals surface area contributed by atoms with Crippen molar-refractivity contribution in [1.82, 2.24) is 9.97 Å². The number of aromatic amines is 1. The Labute approximate surface area is 71.7 Å². The molecule has 0 fully saturated rings. The molecule has 0 aliphatic carbocycles. The van der Waals surface area contributed by atoms with E-state index in [4.69, 9.17) is 11.1 Å². The van der Waals surface area contributed by atoms with Gasteiger partial charge in [0.1, 0.15) is 5.82 Å². The van der Waals surface area contributed by atoms with E-state index in [1.54, 1.807) is 6.20 Å². The second kappa shape index (κ2) is 4.54.